The van der Waals surface area contributed by atoms with E-state index in [0.29, 0.717) is 11.8 Å². The number of benzene rings is 2. The number of thiophene rings is 1. The summed E-state index contributed by atoms with van der Waals surface area (Å²) < 4.78 is 12.2. The van der Waals surface area contributed by atoms with Gasteiger partial charge < -0.3 is 8.83 Å². The van der Waals surface area contributed by atoms with Crippen LogP contribution in [0.15, 0.2) is 57.4 Å². The molecule has 5 heteroatoms. The lowest BCUT2D eigenvalue weighted by molar-refractivity contribution is 0.584. The van der Waals surface area contributed by atoms with E-state index in [2.05, 4.69) is 75.8 Å². The molecule has 3 heterocycles. The largest absolute Gasteiger partial charge is 0.435 e. The van der Waals surface area contributed by atoms with Gasteiger partial charge in [-0.25, -0.2) is 9.97 Å². The number of nitrogens with zero attached hydrogens (tertiary/aromatic N) is 2. The summed E-state index contributed by atoms with van der Waals surface area (Å²) in [7, 11) is 0. The lowest BCUT2D eigenvalue weighted by Crippen LogP contribution is -2.10. The van der Waals surface area contributed by atoms with Crippen molar-refractivity contribution in [3.05, 3.63) is 59.7 Å². The fourth-order valence-corrected chi connectivity index (χ4v) is 4.42. The minimum atomic E-state index is 0.0665. The number of rotatable bonds is 2. The van der Waals surface area contributed by atoms with E-state index in [-0.39, 0.29) is 10.8 Å². The quantitative estimate of drug-likeness (QED) is 0.285. The summed E-state index contributed by atoms with van der Waals surface area (Å²) in [5, 5.41) is 0. The molecule has 0 aliphatic heterocycles. The van der Waals surface area contributed by atoms with Gasteiger partial charge in [-0.1, -0.05) is 53.7 Å². The van der Waals surface area contributed by atoms with Gasteiger partial charge in [0.15, 0.2) is 11.2 Å². The molecule has 31 heavy (non-hydrogen) atoms. The highest BCUT2D eigenvalue weighted by molar-refractivity contribution is 7.18. The summed E-state index contributed by atoms with van der Waals surface area (Å²) in [6.45, 7) is 13.2. The Hall–Kier alpha value is -2.92. The van der Waals surface area contributed by atoms with E-state index in [0.717, 1.165) is 32.0 Å². The van der Waals surface area contributed by atoms with Gasteiger partial charge in [-0.3, -0.25) is 0 Å². The van der Waals surface area contributed by atoms with Crippen LogP contribution in [0, 0.1) is 0 Å². The van der Waals surface area contributed by atoms with Gasteiger partial charge in [-0.15, -0.1) is 11.3 Å². The first-order chi connectivity index (χ1) is 14.6. The Kier molecular flexibility index (Phi) is 4.38. The van der Waals surface area contributed by atoms with Crippen LogP contribution in [-0.2, 0) is 10.8 Å². The number of hydrogen-bond donors (Lipinski definition) is 0. The number of hydrogen-bond acceptors (Lipinski definition) is 5. The van der Waals surface area contributed by atoms with E-state index in [1.807, 2.05) is 24.3 Å². The van der Waals surface area contributed by atoms with Crippen LogP contribution in [0.3, 0.4) is 0 Å². The van der Waals surface area contributed by atoms with Crippen LogP contribution in [0.1, 0.15) is 52.7 Å². The lowest BCUT2D eigenvalue weighted by Gasteiger charge is -2.18. The maximum atomic E-state index is 6.10. The highest BCUT2D eigenvalue weighted by Gasteiger charge is 2.19. The molecule has 158 valence electrons. The first-order valence-electron chi connectivity index (χ1n) is 10.5. The third kappa shape index (κ3) is 3.68. The van der Waals surface area contributed by atoms with Gasteiger partial charge in [0.05, 0.1) is 9.75 Å². The second-order valence-corrected chi connectivity index (χ2v) is 11.2. The van der Waals surface area contributed by atoms with Crippen molar-refractivity contribution in [2.45, 2.75) is 52.4 Å². The second-order valence-electron chi connectivity index (χ2n) is 10.1. The van der Waals surface area contributed by atoms with Crippen molar-refractivity contribution in [2.75, 3.05) is 0 Å². The maximum absolute atomic E-state index is 6.10. The first kappa shape index (κ1) is 20.0. The van der Waals surface area contributed by atoms with Crippen molar-refractivity contribution in [1.82, 2.24) is 9.97 Å². The highest BCUT2D eigenvalue weighted by atomic mass is 32.1. The molecular weight excluding hydrogens is 404 g/mol. The molecule has 0 fully saturated rings. The molecule has 0 saturated carbocycles. The van der Waals surface area contributed by atoms with E-state index < -0.39 is 0 Å². The van der Waals surface area contributed by atoms with Crippen LogP contribution >= 0.6 is 11.3 Å². The number of oxazole rings is 2. The molecule has 0 bridgehead atoms. The smallest absolute Gasteiger partial charge is 0.237 e. The fraction of sp³-hybridized carbons (Fsp3) is 0.308. The molecule has 0 saturated heterocycles. The van der Waals surface area contributed by atoms with E-state index in [1.54, 1.807) is 11.3 Å². The molecule has 0 N–H and O–H groups in total. The van der Waals surface area contributed by atoms with Gasteiger partial charge in [0, 0.05) is 0 Å². The average Bonchev–Trinajstić information content (AvgIpc) is 3.41. The molecule has 5 aromatic rings. The highest BCUT2D eigenvalue weighted by Crippen LogP contribution is 2.37. The zero-order valence-corrected chi connectivity index (χ0v) is 19.6. The molecule has 0 radical (unpaired) electrons. The predicted molar refractivity (Wildman–Crippen MR) is 128 cm³/mol. The minimum Gasteiger partial charge on any atom is -0.435 e. The predicted octanol–water partition coefficient (Wildman–Crippen LogP) is 7.96. The second kappa shape index (κ2) is 6.79. The Labute approximate surface area is 185 Å². The molecule has 0 aliphatic rings. The minimum absolute atomic E-state index is 0.0665. The Bertz CT molecular complexity index is 1300. The number of fused-ring (bicyclic) bond motifs is 2. The van der Waals surface area contributed by atoms with E-state index in [4.69, 9.17) is 8.83 Å². The Morgan fingerprint density at radius 2 is 1.03 bits per heavy atom. The van der Waals surface area contributed by atoms with Crippen LogP contribution in [-0.4, -0.2) is 9.97 Å². The van der Waals surface area contributed by atoms with Crippen LogP contribution < -0.4 is 0 Å². The van der Waals surface area contributed by atoms with Gasteiger partial charge in [-0.2, -0.15) is 0 Å². The Balaban J connectivity index is 1.50. The van der Waals surface area contributed by atoms with Gasteiger partial charge in [-0.05, 0) is 58.4 Å². The van der Waals surface area contributed by atoms with Crippen molar-refractivity contribution in [3.63, 3.8) is 0 Å². The third-order valence-electron chi connectivity index (χ3n) is 5.54. The SMILES string of the molecule is CC(C)(C)c1ccc2nc(-c3ccc(-c4nc5ccc(C(C)(C)C)cc5o4)s3)oc2c1. The average molecular weight is 431 g/mol. The number of aromatic nitrogens is 2. The molecule has 0 amide bonds. The summed E-state index contributed by atoms with van der Waals surface area (Å²) in [6.07, 6.45) is 0. The van der Waals surface area contributed by atoms with Crippen molar-refractivity contribution >= 4 is 33.5 Å². The van der Waals surface area contributed by atoms with Crippen molar-refractivity contribution in [3.8, 4) is 21.5 Å². The summed E-state index contributed by atoms with van der Waals surface area (Å²) in [6, 6.07) is 16.5. The molecule has 0 atom stereocenters. The van der Waals surface area contributed by atoms with Gasteiger partial charge >= 0.3 is 0 Å². The molecule has 4 nitrogen and oxygen atoms in total. The van der Waals surface area contributed by atoms with Crippen molar-refractivity contribution in [2.24, 2.45) is 0 Å². The molecule has 0 unspecified atom stereocenters. The van der Waals surface area contributed by atoms with Gasteiger partial charge in [0.2, 0.25) is 11.8 Å². The lowest BCUT2D eigenvalue weighted by atomic mass is 9.87. The zero-order valence-electron chi connectivity index (χ0n) is 18.7. The molecule has 5 rings (SSSR count). The fourth-order valence-electron chi connectivity index (χ4n) is 3.56. The Morgan fingerprint density at radius 3 is 1.42 bits per heavy atom. The maximum Gasteiger partial charge on any atom is 0.237 e. The van der Waals surface area contributed by atoms with E-state index >= 15 is 0 Å². The summed E-state index contributed by atoms with van der Waals surface area (Å²) in [5.41, 5.74) is 5.96. The molecule has 3 aromatic heterocycles. The van der Waals surface area contributed by atoms with Gasteiger partial charge in [0.25, 0.3) is 0 Å². The summed E-state index contributed by atoms with van der Waals surface area (Å²) >= 11 is 1.58. The van der Waals surface area contributed by atoms with E-state index in [1.165, 1.54) is 11.1 Å². The molecule has 0 spiro atoms. The monoisotopic (exact) mass is 430 g/mol. The molecular formula is C26H26N2O2S. The van der Waals surface area contributed by atoms with Crippen LogP contribution in [0.5, 0.6) is 0 Å². The molecule has 0 aliphatic carbocycles. The third-order valence-corrected chi connectivity index (χ3v) is 6.60. The van der Waals surface area contributed by atoms with Crippen molar-refractivity contribution in [1.29, 1.82) is 0 Å². The Morgan fingerprint density at radius 1 is 0.613 bits per heavy atom. The van der Waals surface area contributed by atoms with Crippen LogP contribution in [0.4, 0.5) is 0 Å². The van der Waals surface area contributed by atoms with Gasteiger partial charge in [0.1, 0.15) is 11.0 Å². The standard InChI is InChI=1S/C26H26N2O2S/c1-25(2,3)15-7-9-17-19(13-15)29-23(27-17)21-11-12-22(31-21)24-28-18-10-8-16(26(4,5)6)14-20(18)30-24/h7-14H,1-6H3. The summed E-state index contributed by atoms with van der Waals surface area (Å²) in [5.74, 6) is 1.26. The molecule has 2 aromatic carbocycles. The zero-order chi connectivity index (χ0) is 22.0. The van der Waals surface area contributed by atoms with Crippen LogP contribution in [0.25, 0.3) is 43.7 Å². The van der Waals surface area contributed by atoms with Crippen molar-refractivity contribution < 1.29 is 8.83 Å². The first-order valence-corrected chi connectivity index (χ1v) is 11.3. The van der Waals surface area contributed by atoms with Crippen LogP contribution in [0.2, 0.25) is 0 Å². The van der Waals surface area contributed by atoms with E-state index in [9.17, 15) is 0 Å². The topological polar surface area (TPSA) is 52.1 Å². The normalized spacial score (nSPS) is 12.8. The summed E-state index contributed by atoms with van der Waals surface area (Å²) in [4.78, 5) is 11.3.